The molecule has 0 unspecified atom stereocenters. The largest absolute Gasteiger partial charge is 0.423 e. The van der Waals surface area contributed by atoms with Crippen molar-refractivity contribution in [1.29, 1.82) is 0 Å². The third kappa shape index (κ3) is 3.96. The van der Waals surface area contributed by atoms with Gasteiger partial charge in [0.25, 0.3) is 5.91 Å². The lowest BCUT2D eigenvalue weighted by atomic mass is 9.93. The zero-order chi connectivity index (χ0) is 20.4. The molecule has 0 saturated carbocycles. The Morgan fingerprint density at radius 3 is 2.38 bits per heavy atom. The molecule has 2 N–H and O–H groups in total. The molecule has 3 aromatic rings. The highest BCUT2D eigenvalue weighted by Gasteiger charge is 2.41. The van der Waals surface area contributed by atoms with Gasteiger partial charge in [-0.1, -0.05) is 42.5 Å². The van der Waals surface area contributed by atoms with Crippen LogP contribution in [0.1, 0.15) is 29.3 Å². The Hall–Kier alpha value is -3.67. The second kappa shape index (κ2) is 7.39. The number of nitrogens with one attached hydrogen (secondary N) is 2. The molecular weight excluding hydrogens is 368 g/mol. The number of amides is 3. The molecule has 1 atom stereocenters. The van der Waals surface area contributed by atoms with Crippen LogP contribution in [-0.2, 0) is 11.2 Å². The molecule has 6 heteroatoms. The number of ether oxygens (including phenoxy) is 1. The van der Waals surface area contributed by atoms with Crippen molar-refractivity contribution < 1.29 is 19.1 Å². The minimum atomic E-state index is -0.904. The first-order chi connectivity index (χ1) is 13.9. The van der Waals surface area contributed by atoms with Gasteiger partial charge >= 0.3 is 12.0 Å². The molecule has 3 amide bonds. The summed E-state index contributed by atoms with van der Waals surface area (Å²) in [5.41, 5.74) is 0.563. The van der Waals surface area contributed by atoms with Crippen molar-refractivity contribution >= 4 is 28.7 Å². The van der Waals surface area contributed by atoms with Crippen molar-refractivity contribution in [3.63, 3.8) is 0 Å². The molecule has 1 saturated heterocycles. The summed E-state index contributed by atoms with van der Waals surface area (Å²) in [5, 5.41) is 6.95. The molecule has 1 aliphatic heterocycles. The first-order valence-corrected chi connectivity index (χ1v) is 9.36. The predicted octanol–water partition coefficient (Wildman–Crippen LogP) is 3.59. The average molecular weight is 388 g/mol. The molecule has 3 aromatic carbocycles. The average Bonchev–Trinajstić information content (AvgIpc) is 2.98. The molecule has 0 radical (unpaired) electrons. The second-order valence-corrected chi connectivity index (χ2v) is 7.34. The predicted molar refractivity (Wildman–Crippen MR) is 109 cm³/mol. The lowest BCUT2D eigenvalue weighted by Gasteiger charge is -2.20. The summed E-state index contributed by atoms with van der Waals surface area (Å²) >= 11 is 0. The van der Waals surface area contributed by atoms with Crippen LogP contribution in [0.15, 0.2) is 66.7 Å². The minimum absolute atomic E-state index is 0.316. The van der Waals surface area contributed by atoms with Crippen LogP contribution < -0.4 is 15.4 Å². The first-order valence-electron chi connectivity index (χ1n) is 9.36. The summed E-state index contributed by atoms with van der Waals surface area (Å²) in [7, 11) is 0. The maximum absolute atomic E-state index is 12.4. The van der Waals surface area contributed by atoms with E-state index in [4.69, 9.17) is 4.74 Å². The quantitative estimate of drug-likeness (QED) is 0.397. The summed E-state index contributed by atoms with van der Waals surface area (Å²) in [6.07, 6.45) is 1.07. The Labute approximate surface area is 167 Å². The summed E-state index contributed by atoms with van der Waals surface area (Å²) in [6.45, 7) is 1.70. The van der Waals surface area contributed by atoms with Crippen molar-refractivity contribution in [3.05, 3.63) is 77.9 Å². The van der Waals surface area contributed by atoms with Gasteiger partial charge in [0, 0.05) is 0 Å². The standard InChI is InChI=1S/C23H20N2O4/c1-23(21(27)24-22(28)25-23)13-12-15-6-10-19(11-7-15)29-20(26)18-9-8-16-4-2-3-5-17(16)14-18/h2-11,14H,12-13H2,1H3,(H2,24,25,27,28)/t23-/m0/s1. The zero-order valence-corrected chi connectivity index (χ0v) is 15.9. The maximum atomic E-state index is 12.4. The summed E-state index contributed by atoms with van der Waals surface area (Å²) in [5.74, 6) is -0.283. The van der Waals surface area contributed by atoms with Gasteiger partial charge in [-0.05, 0) is 60.4 Å². The Balaban J connectivity index is 1.39. The smallest absolute Gasteiger partial charge is 0.343 e. The SMILES string of the molecule is C[C@@]1(CCc2ccc(OC(=O)c3ccc4ccccc4c3)cc2)NC(=O)NC1=O. The van der Waals surface area contributed by atoms with Gasteiger partial charge in [0.15, 0.2) is 0 Å². The Bertz CT molecular complexity index is 1110. The van der Waals surface area contributed by atoms with E-state index in [2.05, 4.69) is 10.6 Å². The zero-order valence-electron chi connectivity index (χ0n) is 15.9. The number of esters is 1. The van der Waals surface area contributed by atoms with Gasteiger partial charge in [-0.25, -0.2) is 9.59 Å². The van der Waals surface area contributed by atoms with E-state index in [0.29, 0.717) is 24.2 Å². The third-order valence-electron chi connectivity index (χ3n) is 5.15. The van der Waals surface area contributed by atoms with Crippen LogP contribution in [0.3, 0.4) is 0 Å². The topological polar surface area (TPSA) is 84.5 Å². The molecule has 0 bridgehead atoms. The Morgan fingerprint density at radius 2 is 1.69 bits per heavy atom. The molecule has 0 aromatic heterocycles. The van der Waals surface area contributed by atoms with Crippen LogP contribution in [0, 0.1) is 0 Å². The first kappa shape index (κ1) is 18.7. The Morgan fingerprint density at radius 1 is 0.966 bits per heavy atom. The fraction of sp³-hybridized carbons (Fsp3) is 0.174. The van der Waals surface area contributed by atoms with Gasteiger partial charge < -0.3 is 10.1 Å². The van der Waals surface area contributed by atoms with Crippen molar-refractivity contribution in [1.82, 2.24) is 10.6 Å². The number of fused-ring (bicyclic) bond motifs is 1. The van der Waals surface area contributed by atoms with E-state index in [-0.39, 0.29) is 5.91 Å². The highest BCUT2D eigenvalue weighted by molar-refractivity contribution is 6.06. The fourth-order valence-electron chi connectivity index (χ4n) is 3.36. The monoisotopic (exact) mass is 388 g/mol. The summed E-state index contributed by atoms with van der Waals surface area (Å²) in [6, 6.07) is 20.0. The Kier molecular flexibility index (Phi) is 4.76. The van der Waals surface area contributed by atoms with Gasteiger partial charge in [0.05, 0.1) is 5.56 Å². The highest BCUT2D eigenvalue weighted by atomic mass is 16.5. The maximum Gasteiger partial charge on any atom is 0.343 e. The fourth-order valence-corrected chi connectivity index (χ4v) is 3.36. The molecule has 146 valence electrons. The van der Waals surface area contributed by atoms with Crippen molar-refractivity contribution in [2.75, 3.05) is 0 Å². The number of hydrogen-bond donors (Lipinski definition) is 2. The number of benzene rings is 3. The molecule has 1 aliphatic rings. The summed E-state index contributed by atoms with van der Waals surface area (Å²) in [4.78, 5) is 35.6. The van der Waals surface area contributed by atoms with Gasteiger partial charge in [-0.3, -0.25) is 10.1 Å². The van der Waals surface area contributed by atoms with Crippen LogP contribution in [0.5, 0.6) is 5.75 Å². The number of aryl methyl sites for hydroxylation is 1. The van der Waals surface area contributed by atoms with E-state index in [9.17, 15) is 14.4 Å². The molecule has 6 nitrogen and oxygen atoms in total. The molecule has 1 heterocycles. The number of hydrogen-bond acceptors (Lipinski definition) is 4. The van der Waals surface area contributed by atoms with E-state index in [1.165, 1.54) is 0 Å². The number of imide groups is 1. The minimum Gasteiger partial charge on any atom is -0.423 e. The number of carbonyl (C=O) groups is 3. The second-order valence-electron chi connectivity index (χ2n) is 7.34. The van der Waals surface area contributed by atoms with Crippen molar-refractivity contribution in [2.45, 2.75) is 25.3 Å². The van der Waals surface area contributed by atoms with E-state index in [1.807, 2.05) is 48.5 Å². The van der Waals surface area contributed by atoms with Gasteiger partial charge in [0.2, 0.25) is 0 Å². The van der Waals surface area contributed by atoms with Crippen molar-refractivity contribution in [3.8, 4) is 5.75 Å². The number of rotatable bonds is 5. The molecule has 0 aliphatic carbocycles. The van der Waals surface area contributed by atoms with E-state index >= 15 is 0 Å². The van der Waals surface area contributed by atoms with Crippen LogP contribution in [0.2, 0.25) is 0 Å². The van der Waals surface area contributed by atoms with Gasteiger partial charge in [0.1, 0.15) is 11.3 Å². The van der Waals surface area contributed by atoms with Crippen LogP contribution in [0.4, 0.5) is 4.79 Å². The van der Waals surface area contributed by atoms with Crippen LogP contribution in [-0.4, -0.2) is 23.4 Å². The molecule has 29 heavy (non-hydrogen) atoms. The molecule has 0 spiro atoms. The van der Waals surface area contributed by atoms with E-state index < -0.39 is 17.5 Å². The van der Waals surface area contributed by atoms with Crippen LogP contribution >= 0.6 is 0 Å². The highest BCUT2D eigenvalue weighted by Crippen LogP contribution is 2.21. The van der Waals surface area contributed by atoms with Crippen molar-refractivity contribution in [2.24, 2.45) is 0 Å². The number of carbonyl (C=O) groups excluding carboxylic acids is 3. The third-order valence-corrected chi connectivity index (χ3v) is 5.15. The lowest BCUT2D eigenvalue weighted by molar-refractivity contribution is -0.123. The van der Waals surface area contributed by atoms with E-state index in [0.717, 1.165) is 16.3 Å². The normalized spacial score (nSPS) is 18.4. The van der Waals surface area contributed by atoms with Gasteiger partial charge in [-0.2, -0.15) is 0 Å². The molecular formula is C23H20N2O4. The van der Waals surface area contributed by atoms with E-state index in [1.54, 1.807) is 25.1 Å². The van der Waals surface area contributed by atoms with Gasteiger partial charge in [-0.15, -0.1) is 0 Å². The molecule has 4 rings (SSSR count). The summed E-state index contributed by atoms with van der Waals surface area (Å²) < 4.78 is 5.47. The molecule has 1 fully saturated rings. The lowest BCUT2D eigenvalue weighted by Crippen LogP contribution is -2.43. The number of urea groups is 1. The van der Waals surface area contributed by atoms with Crippen LogP contribution in [0.25, 0.3) is 10.8 Å².